The van der Waals surface area contributed by atoms with Gasteiger partial charge < -0.3 is 0 Å². The van der Waals surface area contributed by atoms with E-state index in [4.69, 9.17) is 0 Å². The first-order chi connectivity index (χ1) is 7.51. The largest absolute Gasteiger partial charge is 0.0958 e. The van der Waals surface area contributed by atoms with E-state index in [2.05, 4.69) is 67.2 Å². The van der Waals surface area contributed by atoms with Crippen molar-refractivity contribution in [3.05, 3.63) is 35.5 Å². The molecule has 1 aliphatic rings. The van der Waals surface area contributed by atoms with Crippen LogP contribution >= 0.6 is 0 Å². The lowest BCUT2D eigenvalue weighted by Gasteiger charge is -2.35. The lowest BCUT2D eigenvalue weighted by atomic mass is 9.70. The van der Waals surface area contributed by atoms with Crippen molar-refractivity contribution >= 4 is 0 Å². The fourth-order valence-electron chi connectivity index (χ4n) is 2.13. The lowest BCUT2D eigenvalue weighted by molar-refractivity contribution is 0.285. The SMILES string of the molecule is C=C(C)C1=CC(C(C)(C)C)=CC(C(C)(C)C)C1. The maximum atomic E-state index is 4.12. The molecule has 0 bridgehead atoms. The molecular weight excluding hydrogens is 204 g/mol. The van der Waals surface area contributed by atoms with Crippen LogP contribution < -0.4 is 0 Å². The fraction of sp³-hybridized carbons (Fsp3) is 0.647. The summed E-state index contributed by atoms with van der Waals surface area (Å²) in [5.74, 6) is 0.619. The van der Waals surface area contributed by atoms with Crippen LogP contribution in [0.25, 0.3) is 0 Å². The Kier molecular flexibility index (Phi) is 3.76. The van der Waals surface area contributed by atoms with Gasteiger partial charge >= 0.3 is 0 Å². The highest BCUT2D eigenvalue weighted by Gasteiger charge is 2.29. The first-order valence-corrected chi connectivity index (χ1v) is 6.60. The molecule has 0 aliphatic heterocycles. The molecule has 0 saturated heterocycles. The Morgan fingerprint density at radius 2 is 1.71 bits per heavy atom. The topological polar surface area (TPSA) is 0 Å². The van der Waals surface area contributed by atoms with Crippen molar-refractivity contribution in [3.8, 4) is 0 Å². The monoisotopic (exact) mass is 232 g/mol. The minimum atomic E-state index is 0.227. The molecule has 1 rings (SSSR count). The molecular formula is C17H28. The summed E-state index contributed by atoms with van der Waals surface area (Å²) < 4.78 is 0. The van der Waals surface area contributed by atoms with E-state index in [1.54, 1.807) is 0 Å². The molecule has 1 aliphatic carbocycles. The van der Waals surface area contributed by atoms with Crippen molar-refractivity contribution < 1.29 is 0 Å². The molecule has 0 heterocycles. The van der Waals surface area contributed by atoms with Gasteiger partial charge in [-0.05, 0) is 41.2 Å². The van der Waals surface area contributed by atoms with Crippen LogP contribution in [0.1, 0.15) is 54.9 Å². The Balaban J connectivity index is 3.16. The van der Waals surface area contributed by atoms with Crippen LogP contribution in [0.5, 0.6) is 0 Å². The molecule has 0 spiro atoms. The molecule has 0 heteroatoms. The maximum absolute atomic E-state index is 4.12. The molecule has 0 aromatic rings. The zero-order chi connectivity index (χ0) is 13.4. The molecule has 0 aromatic carbocycles. The fourth-order valence-corrected chi connectivity index (χ4v) is 2.13. The third-order valence-corrected chi connectivity index (χ3v) is 3.68. The molecule has 0 fully saturated rings. The summed E-state index contributed by atoms with van der Waals surface area (Å²) in [5, 5.41) is 0. The Hall–Kier alpha value is -0.780. The average Bonchev–Trinajstić information content (AvgIpc) is 2.14. The van der Waals surface area contributed by atoms with E-state index < -0.39 is 0 Å². The van der Waals surface area contributed by atoms with Gasteiger partial charge in [0.1, 0.15) is 0 Å². The molecule has 0 nitrogen and oxygen atoms in total. The van der Waals surface area contributed by atoms with Gasteiger partial charge in [-0.15, -0.1) is 0 Å². The smallest absolute Gasteiger partial charge is 0.0135 e. The quantitative estimate of drug-likeness (QED) is 0.558. The average molecular weight is 232 g/mol. The van der Waals surface area contributed by atoms with Gasteiger partial charge in [-0.25, -0.2) is 0 Å². The summed E-state index contributed by atoms with van der Waals surface area (Å²) in [6.45, 7) is 20.1. The Morgan fingerprint density at radius 1 is 1.18 bits per heavy atom. The van der Waals surface area contributed by atoms with E-state index in [0.29, 0.717) is 11.3 Å². The van der Waals surface area contributed by atoms with Crippen molar-refractivity contribution in [1.29, 1.82) is 0 Å². The first-order valence-electron chi connectivity index (χ1n) is 6.60. The molecule has 0 N–H and O–H groups in total. The van der Waals surface area contributed by atoms with Gasteiger partial charge in [-0.3, -0.25) is 0 Å². The number of hydrogen-bond acceptors (Lipinski definition) is 0. The van der Waals surface area contributed by atoms with Crippen LogP contribution in [0.15, 0.2) is 35.5 Å². The molecule has 1 atom stereocenters. The normalized spacial score (nSPS) is 21.9. The standard InChI is InChI=1S/C17H28/c1-12(2)13-9-14(16(3,4)5)11-15(10-13)17(6,7)8/h9,11,15H,1,10H2,2-8H3. The van der Waals surface area contributed by atoms with E-state index in [0.717, 1.165) is 6.42 Å². The van der Waals surface area contributed by atoms with Crippen LogP contribution in [0, 0.1) is 16.7 Å². The van der Waals surface area contributed by atoms with Crippen LogP contribution in [0.4, 0.5) is 0 Å². The molecule has 17 heavy (non-hydrogen) atoms. The van der Waals surface area contributed by atoms with Crippen molar-refractivity contribution in [2.45, 2.75) is 54.9 Å². The van der Waals surface area contributed by atoms with Crippen molar-refractivity contribution in [1.82, 2.24) is 0 Å². The Morgan fingerprint density at radius 3 is 2.06 bits per heavy atom. The van der Waals surface area contributed by atoms with E-state index in [9.17, 15) is 0 Å². The van der Waals surface area contributed by atoms with Gasteiger partial charge in [0.05, 0.1) is 0 Å². The first kappa shape index (κ1) is 14.3. The van der Waals surface area contributed by atoms with Gasteiger partial charge in [0.2, 0.25) is 0 Å². The highest BCUT2D eigenvalue weighted by atomic mass is 14.3. The van der Waals surface area contributed by atoms with E-state index in [1.807, 2.05) is 0 Å². The lowest BCUT2D eigenvalue weighted by Crippen LogP contribution is -2.24. The highest BCUT2D eigenvalue weighted by Crippen LogP contribution is 2.42. The third kappa shape index (κ3) is 3.59. The Labute approximate surface area is 108 Å². The third-order valence-electron chi connectivity index (χ3n) is 3.68. The second-order valence-electron chi connectivity index (χ2n) is 7.50. The summed E-state index contributed by atoms with van der Waals surface area (Å²) in [5.41, 5.74) is 4.66. The molecule has 0 aromatic heterocycles. The van der Waals surface area contributed by atoms with Crippen LogP contribution in [0.3, 0.4) is 0 Å². The minimum Gasteiger partial charge on any atom is -0.0958 e. The number of rotatable bonds is 1. The highest BCUT2D eigenvalue weighted by molar-refractivity contribution is 5.41. The maximum Gasteiger partial charge on any atom is -0.0135 e. The van der Waals surface area contributed by atoms with Crippen molar-refractivity contribution in [2.75, 3.05) is 0 Å². The predicted octanol–water partition coefficient (Wildman–Crippen LogP) is 5.53. The molecule has 0 radical (unpaired) electrons. The van der Waals surface area contributed by atoms with Crippen molar-refractivity contribution in [2.24, 2.45) is 16.7 Å². The second-order valence-corrected chi connectivity index (χ2v) is 7.50. The molecule has 0 amide bonds. The summed E-state index contributed by atoms with van der Waals surface area (Å²) in [6.07, 6.45) is 5.97. The molecule has 96 valence electrons. The van der Waals surface area contributed by atoms with Gasteiger partial charge in [0, 0.05) is 0 Å². The van der Waals surface area contributed by atoms with Gasteiger partial charge in [0.25, 0.3) is 0 Å². The van der Waals surface area contributed by atoms with Gasteiger partial charge in [0.15, 0.2) is 0 Å². The summed E-state index contributed by atoms with van der Waals surface area (Å²) in [4.78, 5) is 0. The Bertz CT molecular complexity index is 364. The molecule has 1 unspecified atom stereocenters. The zero-order valence-electron chi connectivity index (χ0n) is 12.6. The predicted molar refractivity (Wildman–Crippen MR) is 78.0 cm³/mol. The molecule has 0 saturated carbocycles. The summed E-state index contributed by atoms with van der Waals surface area (Å²) in [7, 11) is 0. The zero-order valence-corrected chi connectivity index (χ0v) is 12.6. The van der Waals surface area contributed by atoms with E-state index in [-0.39, 0.29) is 5.41 Å². The van der Waals surface area contributed by atoms with E-state index >= 15 is 0 Å². The van der Waals surface area contributed by atoms with Crippen LogP contribution in [-0.2, 0) is 0 Å². The summed E-state index contributed by atoms with van der Waals surface area (Å²) >= 11 is 0. The second kappa shape index (κ2) is 4.48. The number of hydrogen-bond donors (Lipinski definition) is 0. The van der Waals surface area contributed by atoms with Crippen LogP contribution in [-0.4, -0.2) is 0 Å². The minimum absolute atomic E-state index is 0.227. The van der Waals surface area contributed by atoms with Gasteiger partial charge in [-0.2, -0.15) is 0 Å². The van der Waals surface area contributed by atoms with Crippen LogP contribution in [0.2, 0.25) is 0 Å². The number of allylic oxidation sites excluding steroid dienone is 5. The van der Waals surface area contributed by atoms with Crippen molar-refractivity contribution in [3.63, 3.8) is 0 Å². The summed E-state index contributed by atoms with van der Waals surface area (Å²) in [6, 6.07) is 0. The van der Waals surface area contributed by atoms with Gasteiger partial charge in [-0.1, -0.05) is 65.8 Å². The van der Waals surface area contributed by atoms with E-state index in [1.165, 1.54) is 16.7 Å².